The van der Waals surface area contributed by atoms with Crippen molar-refractivity contribution in [1.82, 2.24) is 4.90 Å². The summed E-state index contributed by atoms with van der Waals surface area (Å²) in [6, 6.07) is 17.8. The fourth-order valence-corrected chi connectivity index (χ4v) is 2.41. The maximum atomic E-state index is 12.6. The molecule has 2 aromatic carbocycles. The second kappa shape index (κ2) is 9.42. The van der Waals surface area contributed by atoms with E-state index in [-0.39, 0.29) is 19.0 Å². The second-order valence-corrected chi connectivity index (χ2v) is 5.74. The van der Waals surface area contributed by atoms with E-state index in [0.29, 0.717) is 11.1 Å². The van der Waals surface area contributed by atoms with Crippen molar-refractivity contribution < 1.29 is 14.6 Å². The maximum Gasteiger partial charge on any atom is 0.347 e. The minimum Gasteiger partial charge on any atom is -0.463 e. The molecule has 0 spiro atoms. The number of ether oxygens (including phenoxy) is 1. The van der Waals surface area contributed by atoms with Gasteiger partial charge in [-0.15, -0.1) is 12.4 Å². The number of carbonyl (C=O) groups excluding carboxylic acids is 1. The van der Waals surface area contributed by atoms with Crippen molar-refractivity contribution in [3.8, 4) is 0 Å². The lowest BCUT2D eigenvalue weighted by Crippen LogP contribution is -2.39. The first-order valence-corrected chi connectivity index (χ1v) is 7.70. The van der Waals surface area contributed by atoms with Gasteiger partial charge in [-0.1, -0.05) is 60.7 Å². The summed E-state index contributed by atoms with van der Waals surface area (Å²) < 4.78 is 5.35. The van der Waals surface area contributed by atoms with Gasteiger partial charge in [0.15, 0.2) is 0 Å². The highest BCUT2D eigenvalue weighted by atomic mass is 35.5. The van der Waals surface area contributed by atoms with Gasteiger partial charge in [0.1, 0.15) is 0 Å². The molecule has 1 N–H and O–H groups in total. The Kier molecular flexibility index (Phi) is 7.92. The molecule has 0 aliphatic rings. The molecule has 4 nitrogen and oxygen atoms in total. The van der Waals surface area contributed by atoms with Crippen molar-refractivity contribution >= 4 is 18.4 Å². The second-order valence-electron chi connectivity index (χ2n) is 5.74. The van der Waals surface area contributed by atoms with E-state index in [1.165, 1.54) is 0 Å². The first kappa shape index (κ1) is 20.2. The molecule has 0 fully saturated rings. The van der Waals surface area contributed by atoms with Crippen LogP contribution in [0.25, 0.3) is 0 Å². The number of rotatable bonds is 7. The fraction of sp³-hybridized carbons (Fsp3) is 0.316. The van der Waals surface area contributed by atoms with Crippen LogP contribution in [0.1, 0.15) is 17.5 Å². The van der Waals surface area contributed by atoms with Crippen LogP contribution in [0.4, 0.5) is 0 Å². The van der Waals surface area contributed by atoms with Crippen LogP contribution in [0.3, 0.4) is 0 Å². The van der Waals surface area contributed by atoms with Gasteiger partial charge in [0, 0.05) is 6.54 Å². The van der Waals surface area contributed by atoms with Crippen molar-refractivity contribution in [3.63, 3.8) is 0 Å². The number of carbonyl (C=O) groups is 1. The first-order chi connectivity index (χ1) is 11.0. The molecule has 0 aliphatic carbocycles. The summed E-state index contributed by atoms with van der Waals surface area (Å²) >= 11 is 0. The van der Waals surface area contributed by atoms with E-state index in [1.54, 1.807) is 48.5 Å². The smallest absolute Gasteiger partial charge is 0.347 e. The molecule has 0 heterocycles. The number of halogens is 1. The molecule has 0 amide bonds. The predicted molar refractivity (Wildman–Crippen MR) is 97.3 cm³/mol. The zero-order valence-electron chi connectivity index (χ0n) is 14.0. The molecule has 0 aromatic heterocycles. The lowest BCUT2D eigenvalue weighted by molar-refractivity contribution is -0.162. The Morgan fingerprint density at radius 2 is 1.46 bits per heavy atom. The average molecular weight is 350 g/mol. The van der Waals surface area contributed by atoms with Gasteiger partial charge in [-0.05, 0) is 31.6 Å². The van der Waals surface area contributed by atoms with Gasteiger partial charge in [-0.25, -0.2) is 4.79 Å². The maximum absolute atomic E-state index is 12.6. The van der Waals surface area contributed by atoms with E-state index in [4.69, 9.17) is 4.74 Å². The van der Waals surface area contributed by atoms with Gasteiger partial charge in [0.2, 0.25) is 5.60 Å². The minimum atomic E-state index is -1.79. The van der Waals surface area contributed by atoms with Crippen molar-refractivity contribution in [2.24, 2.45) is 0 Å². The molecular weight excluding hydrogens is 326 g/mol. The Morgan fingerprint density at radius 3 is 1.88 bits per heavy atom. The van der Waals surface area contributed by atoms with E-state index >= 15 is 0 Å². The third-order valence-electron chi connectivity index (χ3n) is 3.66. The topological polar surface area (TPSA) is 49.8 Å². The van der Waals surface area contributed by atoms with E-state index in [9.17, 15) is 9.90 Å². The zero-order chi connectivity index (χ0) is 16.7. The van der Waals surface area contributed by atoms with E-state index in [1.807, 2.05) is 31.1 Å². The Hall–Kier alpha value is -1.88. The van der Waals surface area contributed by atoms with E-state index in [2.05, 4.69) is 0 Å². The molecule has 2 aromatic rings. The lowest BCUT2D eigenvalue weighted by atomic mass is 9.86. The normalized spacial score (nSPS) is 11.0. The number of esters is 1. The number of aliphatic hydroxyl groups is 1. The third-order valence-corrected chi connectivity index (χ3v) is 3.66. The summed E-state index contributed by atoms with van der Waals surface area (Å²) in [7, 11) is 3.93. The Morgan fingerprint density at radius 1 is 1.00 bits per heavy atom. The molecule has 5 heteroatoms. The standard InChI is InChI=1S/C19H23NO3.ClH/c1-20(2)14-9-15-23-18(21)19(22,16-10-5-3-6-11-16)17-12-7-4-8-13-17;/h3-8,10-13,22H,9,14-15H2,1-2H3;1H. The number of hydrogen-bond donors (Lipinski definition) is 1. The SMILES string of the molecule is CN(C)CCCOC(=O)C(O)(c1ccccc1)c1ccccc1.Cl. The number of hydrogen-bond acceptors (Lipinski definition) is 4. The van der Waals surface area contributed by atoms with Crippen molar-refractivity contribution in [2.75, 3.05) is 27.2 Å². The van der Waals surface area contributed by atoms with Crippen LogP contribution >= 0.6 is 12.4 Å². The van der Waals surface area contributed by atoms with Crippen LogP contribution in [0.5, 0.6) is 0 Å². The van der Waals surface area contributed by atoms with Gasteiger partial charge in [-0.3, -0.25) is 0 Å². The molecule has 0 saturated carbocycles. The Bertz CT molecular complexity index is 578. The third kappa shape index (κ3) is 4.81. The summed E-state index contributed by atoms with van der Waals surface area (Å²) in [5, 5.41) is 11.1. The molecule has 0 aliphatic heterocycles. The molecular formula is C19H24ClNO3. The van der Waals surface area contributed by atoms with Gasteiger partial charge in [0.25, 0.3) is 0 Å². The van der Waals surface area contributed by atoms with Crippen LogP contribution in [-0.4, -0.2) is 43.2 Å². The Balaban J connectivity index is 0.00000288. The number of benzene rings is 2. The first-order valence-electron chi connectivity index (χ1n) is 7.70. The summed E-state index contributed by atoms with van der Waals surface area (Å²) in [5.41, 5.74) is -0.784. The van der Waals surface area contributed by atoms with Crippen molar-refractivity contribution in [2.45, 2.75) is 12.0 Å². The van der Waals surface area contributed by atoms with Crippen LogP contribution in [0, 0.1) is 0 Å². The molecule has 24 heavy (non-hydrogen) atoms. The lowest BCUT2D eigenvalue weighted by Gasteiger charge is -2.27. The largest absolute Gasteiger partial charge is 0.463 e. The molecule has 0 saturated heterocycles. The van der Waals surface area contributed by atoms with Crippen molar-refractivity contribution in [1.29, 1.82) is 0 Å². The average Bonchev–Trinajstić information content (AvgIpc) is 2.59. The highest BCUT2D eigenvalue weighted by molar-refractivity contribution is 5.85. The van der Waals surface area contributed by atoms with Crippen LogP contribution in [0.15, 0.2) is 60.7 Å². The quantitative estimate of drug-likeness (QED) is 0.617. The van der Waals surface area contributed by atoms with Gasteiger partial charge in [0.05, 0.1) is 6.61 Å². The summed E-state index contributed by atoms with van der Waals surface area (Å²) in [6.45, 7) is 1.10. The highest BCUT2D eigenvalue weighted by Crippen LogP contribution is 2.31. The zero-order valence-corrected chi connectivity index (χ0v) is 14.8. The van der Waals surface area contributed by atoms with Gasteiger partial charge < -0.3 is 14.7 Å². The van der Waals surface area contributed by atoms with Gasteiger partial charge in [-0.2, -0.15) is 0 Å². The monoisotopic (exact) mass is 349 g/mol. The van der Waals surface area contributed by atoms with Crippen molar-refractivity contribution in [3.05, 3.63) is 71.8 Å². The summed E-state index contributed by atoms with van der Waals surface area (Å²) in [5.74, 6) is -0.645. The molecule has 0 unspecified atom stereocenters. The highest BCUT2D eigenvalue weighted by Gasteiger charge is 2.41. The van der Waals surface area contributed by atoms with Crippen LogP contribution < -0.4 is 0 Å². The fourth-order valence-electron chi connectivity index (χ4n) is 2.41. The molecule has 130 valence electrons. The van der Waals surface area contributed by atoms with Gasteiger partial charge >= 0.3 is 5.97 Å². The molecule has 2 rings (SSSR count). The molecule has 0 bridgehead atoms. The van der Waals surface area contributed by atoms with Crippen LogP contribution in [0.2, 0.25) is 0 Å². The van der Waals surface area contributed by atoms with E-state index < -0.39 is 11.6 Å². The molecule has 0 radical (unpaired) electrons. The summed E-state index contributed by atoms with van der Waals surface area (Å²) in [6.07, 6.45) is 0.721. The predicted octanol–water partition coefficient (Wildman–Crippen LogP) is 2.84. The minimum absolute atomic E-state index is 0. The Labute approximate surface area is 149 Å². The number of nitrogens with zero attached hydrogens (tertiary/aromatic N) is 1. The van der Waals surface area contributed by atoms with Crippen LogP contribution in [-0.2, 0) is 15.1 Å². The summed E-state index contributed by atoms with van der Waals surface area (Å²) in [4.78, 5) is 14.6. The molecule has 0 atom stereocenters. The van der Waals surface area contributed by atoms with E-state index in [0.717, 1.165) is 13.0 Å².